The number of carbonyl (C=O) groups excluding carboxylic acids is 2. The van der Waals surface area contributed by atoms with Gasteiger partial charge in [-0.2, -0.15) is 11.3 Å². The highest BCUT2D eigenvalue weighted by atomic mass is 32.1. The number of nitrogens with one attached hydrogen (secondary N) is 2. The number of thiophene rings is 1. The van der Waals surface area contributed by atoms with Crippen LogP contribution < -0.4 is 10.6 Å². The van der Waals surface area contributed by atoms with Crippen molar-refractivity contribution >= 4 is 29.0 Å². The van der Waals surface area contributed by atoms with E-state index in [4.69, 9.17) is 4.74 Å². The van der Waals surface area contributed by atoms with E-state index < -0.39 is 11.8 Å². The Labute approximate surface area is 142 Å². The van der Waals surface area contributed by atoms with Crippen LogP contribution in [0.2, 0.25) is 0 Å². The van der Waals surface area contributed by atoms with E-state index in [2.05, 4.69) is 30.6 Å². The Balaban J connectivity index is 1.58. The van der Waals surface area contributed by atoms with E-state index in [1.54, 1.807) is 11.3 Å². The largest absolute Gasteiger partial charge is 0.379 e. The molecule has 24 heavy (non-hydrogen) atoms. The maximum Gasteiger partial charge on any atom is 0.314 e. The molecule has 1 fully saturated rings. The van der Waals surface area contributed by atoms with Crippen LogP contribution in [0.4, 0.5) is 5.82 Å². The van der Waals surface area contributed by atoms with Crippen molar-refractivity contribution in [3.05, 3.63) is 34.7 Å². The van der Waals surface area contributed by atoms with Crippen molar-refractivity contribution in [1.29, 1.82) is 0 Å². The van der Waals surface area contributed by atoms with Crippen LogP contribution in [0.1, 0.15) is 11.6 Å². The molecule has 3 rings (SSSR count). The number of nitrogens with zero attached hydrogens (tertiary/aromatic N) is 2. The van der Waals surface area contributed by atoms with Gasteiger partial charge in [0, 0.05) is 25.7 Å². The van der Waals surface area contributed by atoms with Gasteiger partial charge in [0.1, 0.15) is 6.26 Å². The molecule has 3 heterocycles. The zero-order chi connectivity index (χ0) is 16.8. The molecule has 8 nitrogen and oxygen atoms in total. The molecule has 0 spiro atoms. The fourth-order valence-electron chi connectivity index (χ4n) is 2.53. The number of hydrogen-bond acceptors (Lipinski definition) is 7. The first-order valence-electron chi connectivity index (χ1n) is 7.57. The summed E-state index contributed by atoms with van der Waals surface area (Å²) in [5, 5.41) is 12.7. The molecule has 0 unspecified atom stereocenters. The van der Waals surface area contributed by atoms with Crippen LogP contribution in [-0.4, -0.2) is 54.7 Å². The van der Waals surface area contributed by atoms with Gasteiger partial charge in [0.2, 0.25) is 0 Å². The average Bonchev–Trinajstić information content (AvgIpc) is 3.30. The summed E-state index contributed by atoms with van der Waals surface area (Å²) >= 11 is 1.61. The summed E-state index contributed by atoms with van der Waals surface area (Å²) in [5.74, 6) is -1.26. The Morgan fingerprint density at radius 2 is 2.12 bits per heavy atom. The molecule has 2 N–H and O–H groups in total. The van der Waals surface area contributed by atoms with Crippen LogP contribution >= 0.6 is 11.3 Å². The van der Waals surface area contributed by atoms with E-state index in [-0.39, 0.29) is 11.9 Å². The van der Waals surface area contributed by atoms with Crippen LogP contribution in [0, 0.1) is 0 Å². The first-order valence-corrected chi connectivity index (χ1v) is 8.52. The lowest BCUT2D eigenvalue weighted by atomic mass is 10.1. The number of rotatable bonds is 5. The van der Waals surface area contributed by atoms with Gasteiger partial charge in [0.05, 0.1) is 19.3 Å². The lowest BCUT2D eigenvalue weighted by Gasteiger charge is -2.34. The molecule has 2 aromatic rings. The molecule has 1 aliphatic heterocycles. The molecule has 9 heteroatoms. The highest BCUT2D eigenvalue weighted by molar-refractivity contribution is 7.07. The molecule has 0 aliphatic carbocycles. The summed E-state index contributed by atoms with van der Waals surface area (Å²) in [6.45, 7) is 3.27. The summed E-state index contributed by atoms with van der Waals surface area (Å²) < 4.78 is 9.99. The van der Waals surface area contributed by atoms with Crippen LogP contribution in [0.5, 0.6) is 0 Å². The van der Waals surface area contributed by atoms with Gasteiger partial charge < -0.3 is 14.6 Å². The topological polar surface area (TPSA) is 96.7 Å². The lowest BCUT2D eigenvalue weighted by Crippen LogP contribution is -2.45. The number of morpholine rings is 1. The van der Waals surface area contributed by atoms with Gasteiger partial charge in [-0.1, -0.05) is 5.16 Å². The third-order valence-electron chi connectivity index (χ3n) is 3.76. The Bertz CT molecular complexity index is 653. The maximum absolute atomic E-state index is 12.0. The van der Waals surface area contributed by atoms with Crippen molar-refractivity contribution in [1.82, 2.24) is 15.4 Å². The van der Waals surface area contributed by atoms with Gasteiger partial charge in [-0.3, -0.25) is 19.8 Å². The van der Waals surface area contributed by atoms with Crippen LogP contribution in [-0.2, 0) is 14.3 Å². The first-order chi connectivity index (χ1) is 11.7. The minimum Gasteiger partial charge on any atom is -0.379 e. The fraction of sp³-hybridized carbons (Fsp3) is 0.400. The quantitative estimate of drug-likeness (QED) is 0.777. The molecule has 0 radical (unpaired) electrons. The second-order valence-electron chi connectivity index (χ2n) is 5.27. The monoisotopic (exact) mass is 350 g/mol. The predicted octanol–water partition coefficient (Wildman–Crippen LogP) is 0.864. The molecule has 0 bridgehead atoms. The van der Waals surface area contributed by atoms with Crippen molar-refractivity contribution in [2.75, 3.05) is 38.2 Å². The van der Waals surface area contributed by atoms with Gasteiger partial charge in [0.25, 0.3) is 0 Å². The summed E-state index contributed by atoms with van der Waals surface area (Å²) in [6.07, 6.45) is 1.32. The average molecular weight is 350 g/mol. The SMILES string of the molecule is O=C(NC[C@@H](c1ccsc1)N1CCOCC1)C(=O)Nc1ccon1. The molecule has 1 saturated heterocycles. The summed E-state index contributed by atoms with van der Waals surface area (Å²) in [4.78, 5) is 26.1. The minimum absolute atomic E-state index is 0.0175. The molecule has 2 aromatic heterocycles. The van der Waals surface area contributed by atoms with E-state index in [9.17, 15) is 9.59 Å². The standard InChI is InChI=1S/C15H18N4O4S/c20-14(15(21)17-13-1-5-23-18-13)16-9-12(11-2-8-24-10-11)19-3-6-22-7-4-19/h1-2,5,8,10,12H,3-4,6-7,9H2,(H,16,20)(H,17,18,21)/t12-/m0/s1. The molecular weight excluding hydrogens is 332 g/mol. The van der Waals surface area contributed by atoms with Crippen LogP contribution in [0.15, 0.2) is 33.7 Å². The molecule has 1 aliphatic rings. The van der Waals surface area contributed by atoms with E-state index in [0.717, 1.165) is 18.7 Å². The number of aromatic nitrogens is 1. The third kappa shape index (κ3) is 4.19. The maximum atomic E-state index is 12.0. The Morgan fingerprint density at radius 3 is 2.79 bits per heavy atom. The van der Waals surface area contributed by atoms with Gasteiger partial charge >= 0.3 is 11.8 Å². The zero-order valence-electron chi connectivity index (χ0n) is 12.9. The summed E-state index contributed by atoms with van der Waals surface area (Å²) in [7, 11) is 0. The van der Waals surface area contributed by atoms with Crippen LogP contribution in [0.3, 0.4) is 0 Å². The lowest BCUT2D eigenvalue weighted by molar-refractivity contribution is -0.136. The third-order valence-corrected chi connectivity index (χ3v) is 4.46. The normalized spacial score (nSPS) is 16.5. The molecule has 2 amide bonds. The number of ether oxygens (including phenoxy) is 1. The van der Waals surface area contributed by atoms with Gasteiger partial charge in [-0.15, -0.1) is 0 Å². The van der Waals surface area contributed by atoms with Crippen molar-refractivity contribution in [3.63, 3.8) is 0 Å². The van der Waals surface area contributed by atoms with E-state index >= 15 is 0 Å². The fourth-order valence-corrected chi connectivity index (χ4v) is 3.24. The molecule has 0 saturated carbocycles. The number of anilines is 1. The van der Waals surface area contributed by atoms with Crippen molar-refractivity contribution in [3.8, 4) is 0 Å². The molecule has 1 atom stereocenters. The van der Waals surface area contributed by atoms with E-state index in [0.29, 0.717) is 19.8 Å². The van der Waals surface area contributed by atoms with Crippen molar-refractivity contribution < 1.29 is 18.8 Å². The smallest absolute Gasteiger partial charge is 0.314 e. The van der Waals surface area contributed by atoms with Crippen LogP contribution in [0.25, 0.3) is 0 Å². The summed E-state index contributed by atoms with van der Waals surface area (Å²) in [5.41, 5.74) is 1.12. The Kier molecular flexibility index (Phi) is 5.57. The van der Waals surface area contributed by atoms with Crippen molar-refractivity contribution in [2.45, 2.75) is 6.04 Å². The highest BCUT2D eigenvalue weighted by Gasteiger charge is 2.24. The predicted molar refractivity (Wildman–Crippen MR) is 87.6 cm³/mol. The zero-order valence-corrected chi connectivity index (χ0v) is 13.8. The summed E-state index contributed by atoms with van der Waals surface area (Å²) in [6, 6.07) is 3.52. The first kappa shape index (κ1) is 16.6. The molecule has 128 valence electrons. The van der Waals surface area contributed by atoms with Gasteiger partial charge in [-0.05, 0) is 22.4 Å². The number of carbonyl (C=O) groups is 2. The Morgan fingerprint density at radius 1 is 1.29 bits per heavy atom. The minimum atomic E-state index is -0.769. The number of hydrogen-bond donors (Lipinski definition) is 2. The number of amides is 2. The molecular formula is C15H18N4O4S. The molecule has 0 aromatic carbocycles. The highest BCUT2D eigenvalue weighted by Crippen LogP contribution is 2.23. The second-order valence-corrected chi connectivity index (χ2v) is 6.05. The van der Waals surface area contributed by atoms with E-state index in [1.165, 1.54) is 12.3 Å². The van der Waals surface area contributed by atoms with Gasteiger partial charge in [-0.25, -0.2) is 0 Å². The van der Waals surface area contributed by atoms with E-state index in [1.807, 2.05) is 11.4 Å². The van der Waals surface area contributed by atoms with Gasteiger partial charge in [0.15, 0.2) is 5.82 Å². The van der Waals surface area contributed by atoms with Crippen molar-refractivity contribution in [2.24, 2.45) is 0 Å². The Hall–Kier alpha value is -2.23. The second kappa shape index (κ2) is 8.04.